The van der Waals surface area contributed by atoms with Gasteiger partial charge in [-0.25, -0.2) is 0 Å². The van der Waals surface area contributed by atoms with E-state index in [2.05, 4.69) is 20.8 Å². The van der Waals surface area contributed by atoms with Crippen LogP contribution in [-0.4, -0.2) is 54.1 Å². The van der Waals surface area contributed by atoms with Crippen LogP contribution < -0.4 is 10.6 Å². The first kappa shape index (κ1) is 13.9. The summed E-state index contributed by atoms with van der Waals surface area (Å²) in [6, 6.07) is 2.75. The van der Waals surface area contributed by atoms with Crippen molar-refractivity contribution in [3.05, 3.63) is 17.8 Å². The van der Waals surface area contributed by atoms with Crippen LogP contribution in [-0.2, 0) is 4.79 Å². The minimum absolute atomic E-state index is 0.0628. The zero-order valence-electron chi connectivity index (χ0n) is 10.9. The molecule has 2 N–H and O–H groups in total. The van der Waals surface area contributed by atoms with Gasteiger partial charge in [0.15, 0.2) is 5.69 Å². The van der Waals surface area contributed by atoms with E-state index in [-0.39, 0.29) is 17.5 Å². The molecule has 98 valence electrons. The van der Waals surface area contributed by atoms with Crippen LogP contribution >= 0.6 is 0 Å². The van der Waals surface area contributed by atoms with Crippen molar-refractivity contribution in [2.45, 2.75) is 13.0 Å². The third-order valence-electron chi connectivity index (χ3n) is 2.30. The first-order chi connectivity index (χ1) is 8.45. The van der Waals surface area contributed by atoms with E-state index in [9.17, 15) is 9.59 Å². The van der Waals surface area contributed by atoms with E-state index in [1.165, 1.54) is 11.9 Å². The first-order valence-corrected chi connectivity index (χ1v) is 5.49. The highest BCUT2D eigenvalue weighted by Crippen LogP contribution is 2.05. The lowest BCUT2D eigenvalue weighted by Gasteiger charge is -2.18. The summed E-state index contributed by atoms with van der Waals surface area (Å²) < 4.78 is 0. The van der Waals surface area contributed by atoms with Crippen molar-refractivity contribution < 1.29 is 9.59 Å². The van der Waals surface area contributed by atoms with Crippen molar-refractivity contribution in [1.29, 1.82) is 0 Å². The number of amides is 2. The van der Waals surface area contributed by atoms with Crippen LogP contribution in [0.4, 0.5) is 5.82 Å². The van der Waals surface area contributed by atoms with Gasteiger partial charge in [-0.2, -0.15) is 0 Å². The van der Waals surface area contributed by atoms with Gasteiger partial charge in [-0.3, -0.25) is 9.59 Å². The molecule has 1 rings (SSSR count). The zero-order valence-corrected chi connectivity index (χ0v) is 10.9. The van der Waals surface area contributed by atoms with Crippen molar-refractivity contribution in [2.75, 3.05) is 26.5 Å². The Morgan fingerprint density at radius 1 is 1.28 bits per heavy atom. The second-order valence-electron chi connectivity index (χ2n) is 3.98. The summed E-state index contributed by atoms with van der Waals surface area (Å²) in [6.45, 7) is 1.73. The van der Waals surface area contributed by atoms with Gasteiger partial charge in [-0.05, 0) is 19.1 Å². The zero-order chi connectivity index (χ0) is 13.7. The largest absolute Gasteiger partial charge is 0.357 e. The highest BCUT2D eigenvalue weighted by atomic mass is 16.2. The van der Waals surface area contributed by atoms with Crippen LogP contribution in [0, 0.1) is 0 Å². The number of aromatic nitrogens is 2. The lowest BCUT2D eigenvalue weighted by atomic mass is 10.3. The molecule has 1 atom stereocenters. The smallest absolute Gasteiger partial charge is 0.271 e. The lowest BCUT2D eigenvalue weighted by molar-refractivity contribution is -0.129. The number of anilines is 1. The number of likely N-dealkylation sites (N-methyl/N-ethyl adjacent to an activating group) is 1. The predicted octanol–water partition coefficient (Wildman–Crippen LogP) is -0.275. The van der Waals surface area contributed by atoms with Crippen LogP contribution in [0.2, 0.25) is 0 Å². The summed E-state index contributed by atoms with van der Waals surface area (Å²) in [5.74, 6) is 0.0870. The van der Waals surface area contributed by atoms with Crippen molar-refractivity contribution in [2.24, 2.45) is 0 Å². The molecule has 0 aromatic carbocycles. The fraction of sp³-hybridized carbons (Fsp3) is 0.455. The van der Waals surface area contributed by atoms with Gasteiger partial charge in [0, 0.05) is 21.1 Å². The monoisotopic (exact) mass is 251 g/mol. The summed E-state index contributed by atoms with van der Waals surface area (Å²) in [6.07, 6.45) is 0. The van der Waals surface area contributed by atoms with Gasteiger partial charge in [0.2, 0.25) is 5.91 Å². The number of nitrogens with one attached hydrogen (secondary N) is 2. The second kappa shape index (κ2) is 5.95. The van der Waals surface area contributed by atoms with Gasteiger partial charge in [-0.15, -0.1) is 10.2 Å². The van der Waals surface area contributed by atoms with Crippen LogP contribution in [0.1, 0.15) is 17.4 Å². The molecule has 1 aromatic heterocycles. The van der Waals surface area contributed by atoms with E-state index in [1.807, 2.05) is 0 Å². The Balaban J connectivity index is 2.69. The molecule has 18 heavy (non-hydrogen) atoms. The molecule has 2 amide bonds. The molecule has 0 saturated heterocycles. The maximum Gasteiger partial charge on any atom is 0.271 e. The van der Waals surface area contributed by atoms with Gasteiger partial charge >= 0.3 is 0 Å². The molecule has 0 aliphatic carbocycles. The summed E-state index contributed by atoms with van der Waals surface area (Å²) in [4.78, 5) is 24.4. The number of rotatable bonds is 4. The molecule has 0 radical (unpaired) electrons. The molecule has 1 unspecified atom stereocenters. The molecular weight excluding hydrogens is 234 g/mol. The van der Waals surface area contributed by atoms with E-state index in [0.29, 0.717) is 5.82 Å². The molecule has 0 aliphatic heterocycles. The third kappa shape index (κ3) is 3.41. The standard InChI is InChI=1S/C11H17N5O2/c1-7(11(18)16(3)4)13-9-6-5-8(14-15-9)10(17)12-2/h5-7H,1-4H3,(H,12,17)(H,13,15). The molecule has 7 heteroatoms. The van der Waals surface area contributed by atoms with Crippen molar-refractivity contribution in [3.8, 4) is 0 Å². The molecule has 0 aliphatic rings. The van der Waals surface area contributed by atoms with E-state index < -0.39 is 6.04 Å². The Labute approximate surface area is 106 Å². The summed E-state index contributed by atoms with van der Waals surface area (Å²) >= 11 is 0. The molecule has 0 saturated carbocycles. The maximum absolute atomic E-state index is 11.6. The summed E-state index contributed by atoms with van der Waals surface area (Å²) in [5.41, 5.74) is 0.231. The SMILES string of the molecule is CNC(=O)c1ccc(NC(C)C(=O)N(C)C)nn1. The van der Waals surface area contributed by atoms with Gasteiger partial charge in [0.1, 0.15) is 11.9 Å². The first-order valence-electron chi connectivity index (χ1n) is 5.49. The van der Waals surface area contributed by atoms with Crippen LogP contribution in [0.15, 0.2) is 12.1 Å². The highest BCUT2D eigenvalue weighted by molar-refractivity contribution is 5.92. The number of hydrogen-bond donors (Lipinski definition) is 2. The summed E-state index contributed by atoms with van der Waals surface area (Å²) in [5, 5.41) is 13.0. The topological polar surface area (TPSA) is 87.2 Å². The van der Waals surface area contributed by atoms with Crippen LogP contribution in [0.3, 0.4) is 0 Å². The molecule has 0 spiro atoms. The fourth-order valence-corrected chi connectivity index (χ4v) is 1.33. The molecule has 1 aromatic rings. The Morgan fingerprint density at radius 3 is 2.39 bits per heavy atom. The highest BCUT2D eigenvalue weighted by Gasteiger charge is 2.15. The number of carbonyl (C=O) groups excluding carboxylic acids is 2. The molecular formula is C11H17N5O2. The Kier molecular flexibility index (Phi) is 4.59. The van der Waals surface area contributed by atoms with Crippen molar-refractivity contribution in [3.63, 3.8) is 0 Å². The fourth-order valence-electron chi connectivity index (χ4n) is 1.33. The lowest BCUT2D eigenvalue weighted by Crippen LogP contribution is -2.36. The van der Waals surface area contributed by atoms with Gasteiger partial charge in [0.25, 0.3) is 5.91 Å². The van der Waals surface area contributed by atoms with Gasteiger partial charge < -0.3 is 15.5 Å². The Hall–Kier alpha value is -2.18. The average Bonchev–Trinajstić information content (AvgIpc) is 2.37. The minimum atomic E-state index is -0.403. The predicted molar refractivity (Wildman–Crippen MR) is 67.2 cm³/mol. The number of nitrogens with zero attached hydrogens (tertiary/aromatic N) is 3. The normalized spacial score (nSPS) is 11.6. The average molecular weight is 251 g/mol. The Bertz CT molecular complexity index is 430. The van der Waals surface area contributed by atoms with Crippen molar-refractivity contribution in [1.82, 2.24) is 20.4 Å². The van der Waals surface area contributed by atoms with Crippen LogP contribution in [0.25, 0.3) is 0 Å². The third-order valence-corrected chi connectivity index (χ3v) is 2.30. The van der Waals surface area contributed by atoms with Crippen LogP contribution in [0.5, 0.6) is 0 Å². The molecule has 7 nitrogen and oxygen atoms in total. The van der Waals surface area contributed by atoms with E-state index in [1.54, 1.807) is 33.2 Å². The second-order valence-corrected chi connectivity index (χ2v) is 3.98. The van der Waals surface area contributed by atoms with Gasteiger partial charge in [0.05, 0.1) is 0 Å². The Morgan fingerprint density at radius 2 is 1.94 bits per heavy atom. The number of carbonyl (C=O) groups is 2. The number of hydrogen-bond acceptors (Lipinski definition) is 5. The van der Waals surface area contributed by atoms with Crippen molar-refractivity contribution >= 4 is 17.6 Å². The maximum atomic E-state index is 11.6. The molecule has 1 heterocycles. The minimum Gasteiger partial charge on any atom is -0.357 e. The molecule has 0 bridgehead atoms. The van der Waals surface area contributed by atoms with E-state index in [0.717, 1.165) is 0 Å². The summed E-state index contributed by atoms with van der Waals surface area (Å²) in [7, 11) is 4.88. The van der Waals surface area contributed by atoms with E-state index in [4.69, 9.17) is 0 Å². The molecule has 0 fully saturated rings. The quantitative estimate of drug-likeness (QED) is 0.769. The van der Waals surface area contributed by atoms with E-state index >= 15 is 0 Å². The van der Waals surface area contributed by atoms with Gasteiger partial charge in [-0.1, -0.05) is 0 Å².